The first kappa shape index (κ1) is 18.5. The molecule has 1 N–H and O–H groups in total. The number of allylic oxidation sites excluding steroid dienone is 1. The monoisotopic (exact) mass is 397 g/mol. The minimum absolute atomic E-state index is 0.00127. The molecule has 1 saturated carbocycles. The van der Waals surface area contributed by atoms with Gasteiger partial charge in [0.25, 0.3) is 5.92 Å². The molecule has 28 heavy (non-hydrogen) atoms. The van der Waals surface area contributed by atoms with Crippen molar-refractivity contribution in [2.24, 2.45) is 0 Å². The quantitative estimate of drug-likeness (QED) is 0.625. The normalized spacial score (nSPS) is 25.2. The number of carbonyl (C=O) groups is 2. The third-order valence-electron chi connectivity index (χ3n) is 5.21. The molecule has 2 atom stereocenters. The molecule has 0 radical (unpaired) electrons. The van der Waals surface area contributed by atoms with Gasteiger partial charge in [-0.3, -0.25) is 0 Å². The van der Waals surface area contributed by atoms with Gasteiger partial charge in [-0.05, 0) is 11.6 Å². The van der Waals surface area contributed by atoms with Crippen LogP contribution in [0.25, 0.3) is 0 Å². The highest BCUT2D eigenvalue weighted by molar-refractivity contribution is 6.01. The molecule has 0 saturated heterocycles. The van der Waals surface area contributed by atoms with E-state index < -0.39 is 48.6 Å². The minimum atomic E-state index is -3.09. The van der Waals surface area contributed by atoms with E-state index in [0.717, 1.165) is 13.2 Å². The first-order chi connectivity index (χ1) is 13.3. The minimum Gasteiger partial charge on any atom is -0.466 e. The van der Waals surface area contributed by atoms with Gasteiger partial charge in [-0.25, -0.2) is 27.2 Å². The smallest absolute Gasteiger partial charge is 0.337 e. The van der Waals surface area contributed by atoms with Crippen molar-refractivity contribution in [1.82, 2.24) is 5.32 Å². The van der Waals surface area contributed by atoms with E-state index in [1.807, 2.05) is 0 Å². The lowest BCUT2D eigenvalue weighted by Crippen LogP contribution is -2.32. The summed E-state index contributed by atoms with van der Waals surface area (Å²) in [5, 5.41) is 2.65. The Labute approximate surface area is 157 Å². The number of hydrogen-bond donors (Lipinski definition) is 1. The molecule has 1 aromatic carbocycles. The van der Waals surface area contributed by atoms with Crippen LogP contribution in [0.1, 0.15) is 29.4 Å². The number of cyclic esters (lactones) is 1. The van der Waals surface area contributed by atoms with E-state index in [1.165, 1.54) is 12.1 Å². The van der Waals surface area contributed by atoms with Gasteiger partial charge >= 0.3 is 11.9 Å². The van der Waals surface area contributed by atoms with Crippen LogP contribution in [0, 0.1) is 5.82 Å². The zero-order chi connectivity index (χ0) is 20.2. The van der Waals surface area contributed by atoms with Gasteiger partial charge in [-0.15, -0.1) is 0 Å². The highest BCUT2D eigenvalue weighted by Crippen LogP contribution is 2.58. The first-order valence-electron chi connectivity index (χ1n) is 8.50. The van der Waals surface area contributed by atoms with Crippen LogP contribution in [0.2, 0.25) is 0 Å². The number of carbonyl (C=O) groups excluding carboxylic acids is 2. The van der Waals surface area contributed by atoms with E-state index in [4.69, 9.17) is 9.47 Å². The number of dihydropyridines is 1. The molecule has 0 bridgehead atoms. The highest BCUT2D eigenvalue weighted by Gasteiger charge is 2.60. The van der Waals surface area contributed by atoms with E-state index in [2.05, 4.69) is 5.32 Å². The van der Waals surface area contributed by atoms with Crippen molar-refractivity contribution >= 4 is 11.9 Å². The Hall–Kier alpha value is -2.84. The van der Waals surface area contributed by atoms with Crippen molar-refractivity contribution in [3.8, 4) is 0 Å². The van der Waals surface area contributed by atoms with Crippen LogP contribution in [0.15, 0.2) is 40.7 Å². The van der Waals surface area contributed by atoms with Crippen LogP contribution in [-0.2, 0) is 19.1 Å². The lowest BCUT2D eigenvalue weighted by molar-refractivity contribution is -0.136. The third kappa shape index (κ3) is 2.68. The average molecular weight is 397 g/mol. The molecule has 1 aromatic rings. The van der Waals surface area contributed by atoms with Crippen molar-refractivity contribution in [2.45, 2.75) is 24.2 Å². The Morgan fingerprint density at radius 2 is 2.11 bits per heavy atom. The second-order valence-corrected chi connectivity index (χ2v) is 6.80. The highest BCUT2D eigenvalue weighted by atomic mass is 19.3. The number of halogens is 4. The number of nitrogens with one attached hydrogen (secondary N) is 1. The summed E-state index contributed by atoms with van der Waals surface area (Å²) in [4.78, 5) is 24.7. The summed E-state index contributed by atoms with van der Waals surface area (Å²) >= 11 is 0. The first-order valence-corrected chi connectivity index (χ1v) is 8.50. The topological polar surface area (TPSA) is 64.6 Å². The average Bonchev–Trinajstić information content (AvgIpc) is 3.13. The van der Waals surface area contributed by atoms with Gasteiger partial charge in [0.2, 0.25) is 0 Å². The molecule has 0 spiro atoms. The Morgan fingerprint density at radius 3 is 2.71 bits per heavy atom. The van der Waals surface area contributed by atoms with Gasteiger partial charge in [0.05, 0.1) is 41.5 Å². The molecule has 9 heteroatoms. The zero-order valence-corrected chi connectivity index (χ0v) is 14.7. The molecule has 0 amide bonds. The molecule has 2 heterocycles. The molecule has 0 unspecified atom stereocenters. The molecule has 1 fully saturated rings. The SMILES string of the molecule is COC(=O)C1=C(CF)NC2=C(C(=O)OC2)[C@H]1c1cccc(F)c1[C@@H]1CC1(F)F. The molecule has 1 aliphatic carbocycles. The van der Waals surface area contributed by atoms with Crippen LogP contribution in [0.3, 0.4) is 0 Å². The summed E-state index contributed by atoms with van der Waals surface area (Å²) in [6, 6.07) is 3.69. The van der Waals surface area contributed by atoms with Gasteiger partial charge in [0.1, 0.15) is 19.1 Å². The summed E-state index contributed by atoms with van der Waals surface area (Å²) in [6.07, 6.45) is -0.546. The summed E-state index contributed by atoms with van der Waals surface area (Å²) in [5.74, 6) is -8.36. The maximum atomic E-state index is 14.6. The Bertz CT molecular complexity index is 953. The summed E-state index contributed by atoms with van der Waals surface area (Å²) in [5.41, 5.74) is -0.543. The zero-order valence-electron chi connectivity index (χ0n) is 14.7. The van der Waals surface area contributed by atoms with Crippen LogP contribution in [-0.4, -0.2) is 38.3 Å². The second kappa shape index (κ2) is 6.35. The maximum absolute atomic E-state index is 14.6. The Kier molecular flexibility index (Phi) is 4.20. The molecule has 4 rings (SSSR count). The molecule has 0 aromatic heterocycles. The van der Waals surface area contributed by atoms with Gasteiger partial charge in [-0.2, -0.15) is 0 Å². The number of alkyl halides is 3. The van der Waals surface area contributed by atoms with E-state index in [0.29, 0.717) is 0 Å². The molecular weight excluding hydrogens is 382 g/mol. The van der Waals surface area contributed by atoms with E-state index in [1.54, 1.807) is 0 Å². The van der Waals surface area contributed by atoms with Crippen LogP contribution in [0.4, 0.5) is 17.6 Å². The van der Waals surface area contributed by atoms with E-state index in [-0.39, 0.29) is 40.3 Å². The summed E-state index contributed by atoms with van der Waals surface area (Å²) in [7, 11) is 1.07. The van der Waals surface area contributed by atoms with Gasteiger partial charge in [-0.1, -0.05) is 12.1 Å². The van der Waals surface area contributed by atoms with Gasteiger partial charge < -0.3 is 14.8 Å². The summed E-state index contributed by atoms with van der Waals surface area (Å²) in [6.45, 7) is -1.29. The maximum Gasteiger partial charge on any atom is 0.337 e. The van der Waals surface area contributed by atoms with Crippen LogP contribution >= 0.6 is 0 Å². The summed E-state index contributed by atoms with van der Waals surface area (Å²) < 4.78 is 65.5. The number of ether oxygens (including phenoxy) is 2. The fourth-order valence-corrected chi connectivity index (χ4v) is 3.85. The number of benzene rings is 1. The number of methoxy groups -OCH3 is 1. The van der Waals surface area contributed by atoms with Crippen LogP contribution < -0.4 is 5.32 Å². The molecule has 3 aliphatic rings. The standard InChI is InChI=1S/C19H15F4NO4/c1-27-17(25)15-11(6-20)24-12-7-28-18(26)16(12)14(15)8-3-2-4-10(21)13(8)9-5-19(9,22)23/h2-4,9,14,24H,5-7H2,1H3/t9-,14-/m0/s1. The third-order valence-corrected chi connectivity index (χ3v) is 5.21. The van der Waals surface area contributed by atoms with Crippen molar-refractivity contribution in [1.29, 1.82) is 0 Å². The fraction of sp³-hybridized carbons (Fsp3) is 0.368. The Morgan fingerprint density at radius 1 is 1.39 bits per heavy atom. The largest absolute Gasteiger partial charge is 0.466 e. The number of hydrogen-bond acceptors (Lipinski definition) is 5. The fourth-order valence-electron chi connectivity index (χ4n) is 3.85. The van der Waals surface area contributed by atoms with Crippen molar-refractivity contribution in [3.63, 3.8) is 0 Å². The van der Waals surface area contributed by atoms with Crippen molar-refractivity contribution in [3.05, 3.63) is 57.7 Å². The molecule has 5 nitrogen and oxygen atoms in total. The predicted molar refractivity (Wildman–Crippen MR) is 87.6 cm³/mol. The van der Waals surface area contributed by atoms with Crippen molar-refractivity contribution < 1.29 is 36.6 Å². The lowest BCUT2D eigenvalue weighted by Gasteiger charge is -2.29. The number of rotatable bonds is 4. The lowest BCUT2D eigenvalue weighted by atomic mass is 9.78. The predicted octanol–water partition coefficient (Wildman–Crippen LogP) is 2.84. The van der Waals surface area contributed by atoms with Crippen molar-refractivity contribution in [2.75, 3.05) is 20.4 Å². The Balaban J connectivity index is 1.96. The van der Waals surface area contributed by atoms with Gasteiger partial charge in [0, 0.05) is 12.0 Å². The van der Waals surface area contributed by atoms with Crippen LogP contribution in [0.5, 0.6) is 0 Å². The number of esters is 2. The van der Waals surface area contributed by atoms with E-state index in [9.17, 15) is 27.2 Å². The van der Waals surface area contributed by atoms with Gasteiger partial charge in [0.15, 0.2) is 0 Å². The molecule has 148 valence electrons. The second-order valence-electron chi connectivity index (χ2n) is 6.80. The molecular formula is C19H15F4NO4. The van der Waals surface area contributed by atoms with E-state index >= 15 is 0 Å². The molecule has 2 aliphatic heterocycles.